The molecule has 0 spiro atoms. The number of rotatable bonds is 7. The second-order valence-electron chi connectivity index (χ2n) is 8.76. The normalized spacial score (nSPS) is 15.7. The SMILES string of the molecule is CCCCCCCc1ccc2cc(C3CCc4cc(C#N)c(F)cc4C3)ccc2c1. The summed E-state index contributed by atoms with van der Waals surface area (Å²) in [6.45, 7) is 2.26. The third kappa shape index (κ3) is 4.57. The molecule has 30 heavy (non-hydrogen) atoms. The molecule has 0 saturated heterocycles. The smallest absolute Gasteiger partial charge is 0.141 e. The van der Waals surface area contributed by atoms with Crippen molar-refractivity contribution in [3.05, 3.63) is 82.2 Å². The molecule has 0 saturated carbocycles. The minimum atomic E-state index is -0.391. The van der Waals surface area contributed by atoms with Crippen molar-refractivity contribution in [3.8, 4) is 6.07 Å². The van der Waals surface area contributed by atoms with Gasteiger partial charge in [-0.15, -0.1) is 0 Å². The molecule has 1 aliphatic rings. The monoisotopic (exact) mass is 399 g/mol. The van der Waals surface area contributed by atoms with Crippen molar-refractivity contribution in [1.29, 1.82) is 5.26 Å². The number of benzene rings is 3. The third-order valence-electron chi connectivity index (χ3n) is 6.61. The number of unbranched alkanes of at least 4 members (excludes halogenated alkanes) is 4. The van der Waals surface area contributed by atoms with Gasteiger partial charge in [0.25, 0.3) is 0 Å². The van der Waals surface area contributed by atoms with E-state index in [0.717, 1.165) is 36.8 Å². The van der Waals surface area contributed by atoms with Crippen molar-refractivity contribution in [3.63, 3.8) is 0 Å². The average Bonchev–Trinajstić information content (AvgIpc) is 2.77. The van der Waals surface area contributed by atoms with Gasteiger partial charge in [-0.05, 0) is 83.2 Å². The Morgan fingerprint density at radius 2 is 1.73 bits per heavy atom. The molecule has 0 aliphatic heterocycles. The number of nitriles is 1. The minimum absolute atomic E-state index is 0.166. The van der Waals surface area contributed by atoms with Gasteiger partial charge in [0.1, 0.15) is 11.9 Å². The van der Waals surface area contributed by atoms with Crippen LogP contribution in [0, 0.1) is 17.1 Å². The van der Waals surface area contributed by atoms with Crippen molar-refractivity contribution in [2.75, 3.05) is 0 Å². The predicted molar refractivity (Wildman–Crippen MR) is 122 cm³/mol. The van der Waals surface area contributed by atoms with E-state index in [1.165, 1.54) is 54.0 Å². The van der Waals surface area contributed by atoms with Crippen molar-refractivity contribution < 1.29 is 4.39 Å². The maximum Gasteiger partial charge on any atom is 0.141 e. The Bertz CT molecular complexity index is 1080. The fraction of sp³-hybridized carbons (Fsp3) is 0.393. The van der Waals surface area contributed by atoms with Crippen molar-refractivity contribution in [2.24, 2.45) is 0 Å². The standard InChI is InChI=1S/C28H30FN/c1-2-3-4-5-6-7-20-8-9-22-15-23(11-10-21(22)14-20)24-12-13-25-17-27(19-30)28(29)18-26(25)16-24/h8-11,14-15,17-18,24H,2-7,12-13,16H2,1H3. The summed E-state index contributed by atoms with van der Waals surface area (Å²) >= 11 is 0. The van der Waals surface area contributed by atoms with Gasteiger partial charge >= 0.3 is 0 Å². The maximum absolute atomic E-state index is 14.1. The second kappa shape index (κ2) is 9.43. The van der Waals surface area contributed by atoms with Gasteiger partial charge in [-0.1, -0.05) is 69.0 Å². The van der Waals surface area contributed by atoms with Gasteiger partial charge in [-0.25, -0.2) is 4.39 Å². The molecule has 154 valence electrons. The summed E-state index contributed by atoms with van der Waals surface area (Å²) in [7, 11) is 0. The van der Waals surface area contributed by atoms with Crippen LogP contribution >= 0.6 is 0 Å². The van der Waals surface area contributed by atoms with Crippen LogP contribution in [0.5, 0.6) is 0 Å². The molecule has 0 N–H and O–H groups in total. The summed E-state index contributed by atoms with van der Waals surface area (Å²) in [5.41, 5.74) is 5.13. The molecule has 0 heterocycles. The van der Waals surface area contributed by atoms with Crippen LogP contribution in [-0.4, -0.2) is 0 Å². The number of aryl methyl sites for hydroxylation is 2. The quantitative estimate of drug-likeness (QED) is 0.375. The number of hydrogen-bond donors (Lipinski definition) is 0. The Balaban J connectivity index is 1.47. The first-order chi connectivity index (χ1) is 14.7. The van der Waals surface area contributed by atoms with E-state index < -0.39 is 5.82 Å². The highest BCUT2D eigenvalue weighted by atomic mass is 19.1. The lowest BCUT2D eigenvalue weighted by atomic mass is 9.79. The topological polar surface area (TPSA) is 23.8 Å². The first kappa shape index (κ1) is 20.6. The third-order valence-corrected chi connectivity index (χ3v) is 6.61. The van der Waals surface area contributed by atoms with Crippen LogP contribution in [0.25, 0.3) is 10.8 Å². The van der Waals surface area contributed by atoms with Crippen LogP contribution in [-0.2, 0) is 19.3 Å². The van der Waals surface area contributed by atoms with E-state index >= 15 is 0 Å². The highest BCUT2D eigenvalue weighted by Gasteiger charge is 2.22. The second-order valence-corrected chi connectivity index (χ2v) is 8.76. The van der Waals surface area contributed by atoms with E-state index in [9.17, 15) is 4.39 Å². The van der Waals surface area contributed by atoms with Gasteiger partial charge in [0.2, 0.25) is 0 Å². The van der Waals surface area contributed by atoms with Crippen molar-refractivity contribution in [2.45, 2.75) is 70.6 Å². The molecule has 4 rings (SSSR count). The van der Waals surface area contributed by atoms with E-state index in [-0.39, 0.29) is 5.56 Å². The van der Waals surface area contributed by atoms with Gasteiger partial charge in [-0.2, -0.15) is 5.26 Å². The summed E-state index contributed by atoms with van der Waals surface area (Å²) in [5, 5.41) is 11.7. The Hall–Kier alpha value is -2.66. The Morgan fingerprint density at radius 3 is 2.57 bits per heavy atom. The molecule has 0 radical (unpaired) electrons. The zero-order valence-electron chi connectivity index (χ0n) is 17.9. The van der Waals surface area contributed by atoms with Crippen molar-refractivity contribution >= 4 is 10.8 Å². The zero-order valence-corrected chi connectivity index (χ0v) is 17.9. The largest absolute Gasteiger partial charge is 0.206 e. The fourth-order valence-corrected chi connectivity index (χ4v) is 4.81. The van der Waals surface area contributed by atoms with Crippen LogP contribution in [0.4, 0.5) is 4.39 Å². The van der Waals surface area contributed by atoms with E-state index in [0.29, 0.717) is 5.92 Å². The highest BCUT2D eigenvalue weighted by Crippen LogP contribution is 2.35. The molecular formula is C28H30FN. The van der Waals surface area contributed by atoms with Crippen LogP contribution in [0.2, 0.25) is 0 Å². The van der Waals surface area contributed by atoms with E-state index in [4.69, 9.17) is 5.26 Å². The predicted octanol–water partition coefficient (Wildman–Crippen LogP) is 7.64. The number of hydrogen-bond acceptors (Lipinski definition) is 1. The Kier molecular flexibility index (Phi) is 6.48. The molecule has 0 aromatic heterocycles. The average molecular weight is 400 g/mol. The number of halogens is 1. The number of nitrogens with zero attached hydrogens (tertiary/aromatic N) is 1. The molecule has 1 aliphatic carbocycles. The molecule has 3 aromatic carbocycles. The van der Waals surface area contributed by atoms with Crippen LogP contribution in [0.1, 0.15) is 79.2 Å². The van der Waals surface area contributed by atoms with Gasteiger partial charge in [0.15, 0.2) is 0 Å². The summed E-state index contributed by atoms with van der Waals surface area (Å²) in [4.78, 5) is 0. The van der Waals surface area contributed by atoms with Gasteiger partial charge in [-0.3, -0.25) is 0 Å². The van der Waals surface area contributed by atoms with E-state index in [2.05, 4.69) is 43.3 Å². The molecule has 1 atom stereocenters. The molecular weight excluding hydrogens is 369 g/mol. The fourth-order valence-electron chi connectivity index (χ4n) is 4.81. The van der Waals surface area contributed by atoms with E-state index in [1.54, 1.807) is 12.1 Å². The summed E-state index contributed by atoms with van der Waals surface area (Å²) in [5.74, 6) is 0.0186. The minimum Gasteiger partial charge on any atom is -0.206 e. The van der Waals surface area contributed by atoms with Crippen LogP contribution < -0.4 is 0 Å². The molecule has 3 aromatic rings. The number of fused-ring (bicyclic) bond motifs is 2. The lowest BCUT2D eigenvalue weighted by Gasteiger charge is -2.25. The zero-order chi connectivity index (χ0) is 20.9. The van der Waals surface area contributed by atoms with E-state index in [1.807, 2.05) is 6.07 Å². The maximum atomic E-state index is 14.1. The summed E-state index contributed by atoms with van der Waals surface area (Å²) in [6.07, 6.45) is 10.5. The van der Waals surface area contributed by atoms with Gasteiger partial charge < -0.3 is 0 Å². The Labute approximate surface area is 179 Å². The summed E-state index contributed by atoms with van der Waals surface area (Å²) < 4.78 is 14.1. The lowest BCUT2D eigenvalue weighted by molar-refractivity contribution is 0.571. The first-order valence-corrected chi connectivity index (χ1v) is 11.4. The van der Waals surface area contributed by atoms with Gasteiger partial charge in [0, 0.05) is 0 Å². The van der Waals surface area contributed by atoms with Crippen LogP contribution in [0.15, 0.2) is 48.5 Å². The molecule has 1 unspecified atom stereocenters. The molecule has 0 fully saturated rings. The summed E-state index contributed by atoms with van der Waals surface area (Å²) in [6, 6.07) is 19.0. The molecule has 1 nitrogen and oxygen atoms in total. The van der Waals surface area contributed by atoms with Crippen molar-refractivity contribution in [1.82, 2.24) is 0 Å². The molecule has 2 heteroatoms. The molecule has 0 amide bonds. The lowest BCUT2D eigenvalue weighted by Crippen LogP contribution is -2.13. The first-order valence-electron chi connectivity index (χ1n) is 11.4. The molecule has 0 bridgehead atoms. The van der Waals surface area contributed by atoms with Crippen LogP contribution in [0.3, 0.4) is 0 Å². The Morgan fingerprint density at radius 1 is 0.933 bits per heavy atom. The van der Waals surface area contributed by atoms with Gasteiger partial charge in [0.05, 0.1) is 5.56 Å². The highest BCUT2D eigenvalue weighted by molar-refractivity contribution is 5.84.